The Bertz CT molecular complexity index is 545. The van der Waals surface area contributed by atoms with E-state index < -0.39 is 0 Å². The summed E-state index contributed by atoms with van der Waals surface area (Å²) in [4.78, 5) is 14.2. The summed E-state index contributed by atoms with van der Waals surface area (Å²) in [6.07, 6.45) is 2.91. The molecule has 2 atom stereocenters. The number of urea groups is 1. The van der Waals surface area contributed by atoms with E-state index in [1.807, 2.05) is 51.0 Å². The monoisotopic (exact) mass is 305 g/mol. The van der Waals surface area contributed by atoms with Crippen LogP contribution in [0.25, 0.3) is 0 Å². The lowest BCUT2D eigenvalue weighted by Gasteiger charge is -2.30. The second-order valence-electron chi connectivity index (χ2n) is 6.75. The lowest BCUT2D eigenvalue weighted by Crippen LogP contribution is -2.46. The number of hydrogen-bond donors (Lipinski definition) is 3. The summed E-state index contributed by atoms with van der Waals surface area (Å²) < 4.78 is 0. The summed E-state index contributed by atoms with van der Waals surface area (Å²) >= 11 is 0. The minimum atomic E-state index is -0.206. The van der Waals surface area contributed by atoms with Gasteiger partial charge in [0.25, 0.3) is 0 Å². The number of amides is 2. The van der Waals surface area contributed by atoms with Crippen LogP contribution in [0, 0.1) is 12.3 Å². The average molecular weight is 305 g/mol. The Balaban J connectivity index is 1.99. The van der Waals surface area contributed by atoms with Crippen molar-refractivity contribution in [2.24, 2.45) is 5.41 Å². The number of aryl methyl sites for hydroxylation is 1. The fourth-order valence-corrected chi connectivity index (χ4v) is 3.23. The van der Waals surface area contributed by atoms with Crippen LogP contribution in [0.2, 0.25) is 0 Å². The number of carbonyl (C=O) groups is 1. The van der Waals surface area contributed by atoms with E-state index in [9.17, 15) is 9.90 Å². The molecule has 1 aliphatic rings. The van der Waals surface area contributed by atoms with Crippen LogP contribution in [-0.2, 0) is 0 Å². The van der Waals surface area contributed by atoms with Crippen molar-refractivity contribution in [1.29, 1.82) is 0 Å². The van der Waals surface area contributed by atoms with Gasteiger partial charge in [-0.1, -0.05) is 13.3 Å². The van der Waals surface area contributed by atoms with Gasteiger partial charge in [-0.3, -0.25) is 0 Å². The van der Waals surface area contributed by atoms with Gasteiger partial charge in [0.1, 0.15) is 0 Å². The third kappa shape index (κ3) is 3.53. The number of aliphatic hydroxyl groups is 1. The minimum absolute atomic E-state index is 0.0274. The van der Waals surface area contributed by atoms with Gasteiger partial charge in [0.2, 0.25) is 0 Å². The molecule has 0 bridgehead atoms. The fourth-order valence-electron chi connectivity index (χ4n) is 3.23. The highest BCUT2D eigenvalue weighted by Crippen LogP contribution is 2.37. The molecule has 0 radical (unpaired) electrons. The number of rotatable bonds is 4. The Morgan fingerprint density at radius 3 is 2.77 bits per heavy atom. The number of nitrogens with zero attached hydrogens (tertiary/aromatic N) is 1. The Morgan fingerprint density at radius 2 is 2.18 bits per heavy atom. The predicted octanol–water partition coefficient (Wildman–Crippen LogP) is 2.73. The molecule has 0 spiro atoms. The zero-order valence-corrected chi connectivity index (χ0v) is 13.9. The molecule has 122 valence electrons. The topological polar surface area (TPSA) is 64.6 Å². The number of benzene rings is 1. The van der Waals surface area contributed by atoms with Gasteiger partial charge in [0.15, 0.2) is 0 Å². The Labute approximate surface area is 132 Å². The molecule has 2 amide bonds. The highest BCUT2D eigenvalue weighted by atomic mass is 16.3. The van der Waals surface area contributed by atoms with Crippen LogP contribution in [0.3, 0.4) is 0 Å². The largest absolute Gasteiger partial charge is 0.396 e. The summed E-state index contributed by atoms with van der Waals surface area (Å²) in [6, 6.07) is 5.69. The molecule has 22 heavy (non-hydrogen) atoms. The summed E-state index contributed by atoms with van der Waals surface area (Å²) in [5.41, 5.74) is 2.82. The quantitative estimate of drug-likeness (QED) is 0.801. The van der Waals surface area contributed by atoms with Gasteiger partial charge < -0.3 is 20.6 Å². The Kier molecular flexibility index (Phi) is 4.96. The first-order chi connectivity index (χ1) is 10.4. The minimum Gasteiger partial charge on any atom is -0.396 e. The number of nitrogens with one attached hydrogen (secondary N) is 2. The van der Waals surface area contributed by atoms with E-state index >= 15 is 0 Å². The maximum absolute atomic E-state index is 12.2. The zero-order chi connectivity index (χ0) is 16.3. The van der Waals surface area contributed by atoms with Gasteiger partial charge in [-0.05, 0) is 43.5 Å². The van der Waals surface area contributed by atoms with Crippen molar-refractivity contribution in [2.75, 3.05) is 30.9 Å². The number of carbonyl (C=O) groups excluding carboxylic acids is 1. The van der Waals surface area contributed by atoms with Gasteiger partial charge in [-0.25, -0.2) is 4.79 Å². The molecular formula is C17H27N3O2. The first-order valence-corrected chi connectivity index (χ1v) is 7.82. The molecule has 1 aromatic carbocycles. The third-order valence-corrected chi connectivity index (χ3v) is 4.68. The van der Waals surface area contributed by atoms with Crippen molar-refractivity contribution >= 4 is 17.4 Å². The van der Waals surface area contributed by atoms with Crippen LogP contribution < -0.4 is 15.5 Å². The van der Waals surface area contributed by atoms with Gasteiger partial charge in [0, 0.05) is 36.9 Å². The highest BCUT2D eigenvalue weighted by Gasteiger charge is 2.39. The van der Waals surface area contributed by atoms with Crippen LogP contribution in [0.4, 0.5) is 16.2 Å². The number of anilines is 2. The number of aliphatic hydroxyl groups excluding tert-OH is 1. The van der Waals surface area contributed by atoms with Crippen LogP contribution in [0.1, 0.15) is 31.7 Å². The average Bonchev–Trinajstić information content (AvgIpc) is 2.80. The first-order valence-electron chi connectivity index (χ1n) is 7.82. The van der Waals surface area contributed by atoms with E-state index in [4.69, 9.17) is 0 Å². The molecule has 0 aromatic heterocycles. The van der Waals surface area contributed by atoms with E-state index in [2.05, 4.69) is 10.6 Å². The molecule has 0 aliphatic heterocycles. The molecule has 1 saturated carbocycles. The summed E-state index contributed by atoms with van der Waals surface area (Å²) in [5, 5.41) is 15.4. The molecule has 5 nitrogen and oxygen atoms in total. The van der Waals surface area contributed by atoms with Gasteiger partial charge in [0.05, 0.1) is 6.61 Å². The molecular weight excluding hydrogens is 278 g/mol. The van der Waals surface area contributed by atoms with E-state index in [1.165, 1.54) is 0 Å². The number of hydrogen-bond acceptors (Lipinski definition) is 3. The van der Waals surface area contributed by atoms with Crippen molar-refractivity contribution in [3.8, 4) is 0 Å². The standard InChI is InChI=1S/C17H27N3O2/c1-12-10-13(7-8-14(12)20(3)4)18-16(22)19-15-6-5-9-17(15,2)11-21/h7-8,10,15,21H,5-6,9,11H2,1-4H3,(H2,18,19,22). The molecule has 2 rings (SSSR count). The second-order valence-corrected chi connectivity index (χ2v) is 6.75. The summed E-state index contributed by atoms with van der Waals surface area (Å²) in [6.45, 7) is 4.16. The zero-order valence-electron chi connectivity index (χ0n) is 13.9. The van der Waals surface area contributed by atoms with Crippen molar-refractivity contribution in [3.05, 3.63) is 23.8 Å². The molecule has 0 heterocycles. The van der Waals surface area contributed by atoms with Crippen LogP contribution in [0.15, 0.2) is 18.2 Å². The molecule has 1 aliphatic carbocycles. The Hall–Kier alpha value is -1.75. The maximum Gasteiger partial charge on any atom is 0.319 e. The fraction of sp³-hybridized carbons (Fsp3) is 0.588. The normalized spacial score (nSPS) is 24.1. The lowest BCUT2D eigenvalue weighted by atomic mass is 9.86. The van der Waals surface area contributed by atoms with Gasteiger partial charge >= 0.3 is 6.03 Å². The molecule has 0 saturated heterocycles. The van der Waals surface area contributed by atoms with Gasteiger partial charge in [-0.15, -0.1) is 0 Å². The van der Waals surface area contributed by atoms with Crippen LogP contribution in [0.5, 0.6) is 0 Å². The van der Waals surface area contributed by atoms with E-state index in [0.717, 1.165) is 36.2 Å². The predicted molar refractivity (Wildman–Crippen MR) is 90.5 cm³/mol. The third-order valence-electron chi connectivity index (χ3n) is 4.68. The van der Waals surface area contributed by atoms with E-state index in [-0.39, 0.29) is 24.1 Å². The van der Waals surface area contributed by atoms with E-state index in [0.29, 0.717) is 0 Å². The molecule has 1 fully saturated rings. The molecule has 3 N–H and O–H groups in total. The molecule has 2 unspecified atom stereocenters. The maximum atomic E-state index is 12.2. The summed E-state index contributed by atoms with van der Waals surface area (Å²) in [7, 11) is 4.00. The highest BCUT2D eigenvalue weighted by molar-refractivity contribution is 5.90. The van der Waals surface area contributed by atoms with Crippen molar-refractivity contribution < 1.29 is 9.90 Å². The SMILES string of the molecule is Cc1cc(NC(=O)NC2CCCC2(C)CO)ccc1N(C)C. The van der Waals surface area contributed by atoms with Gasteiger partial charge in [-0.2, -0.15) is 0 Å². The second kappa shape index (κ2) is 6.57. The van der Waals surface area contributed by atoms with Crippen LogP contribution in [-0.4, -0.2) is 37.9 Å². The van der Waals surface area contributed by atoms with Crippen molar-refractivity contribution in [2.45, 2.75) is 39.2 Å². The van der Waals surface area contributed by atoms with Crippen LogP contribution >= 0.6 is 0 Å². The Morgan fingerprint density at radius 1 is 1.45 bits per heavy atom. The first kappa shape index (κ1) is 16.6. The molecule has 1 aromatic rings. The van der Waals surface area contributed by atoms with Crippen molar-refractivity contribution in [1.82, 2.24) is 5.32 Å². The van der Waals surface area contributed by atoms with E-state index in [1.54, 1.807) is 0 Å². The lowest BCUT2D eigenvalue weighted by molar-refractivity contribution is 0.122. The molecule has 5 heteroatoms. The smallest absolute Gasteiger partial charge is 0.319 e. The summed E-state index contributed by atoms with van der Waals surface area (Å²) in [5.74, 6) is 0. The van der Waals surface area contributed by atoms with Crippen molar-refractivity contribution in [3.63, 3.8) is 0 Å².